The van der Waals surface area contributed by atoms with E-state index in [1.54, 1.807) is 12.1 Å². The molecule has 1 fully saturated rings. The van der Waals surface area contributed by atoms with Gasteiger partial charge in [-0.3, -0.25) is 4.72 Å². The second-order valence-corrected chi connectivity index (χ2v) is 6.59. The van der Waals surface area contributed by atoms with E-state index in [-0.39, 0.29) is 22.7 Å². The third kappa shape index (κ3) is 3.27. The molecule has 1 N–H and O–H groups in total. The van der Waals surface area contributed by atoms with Gasteiger partial charge in [0.15, 0.2) is 11.6 Å². The summed E-state index contributed by atoms with van der Waals surface area (Å²) in [7, 11) is -3.35. The lowest BCUT2D eigenvalue weighted by Crippen LogP contribution is -2.17. The fraction of sp³-hybridized carbons (Fsp3) is 0.231. The maximum Gasteiger partial charge on any atom is 0.322 e. The summed E-state index contributed by atoms with van der Waals surface area (Å²) in [5, 5.41) is -0.327. The molecule has 0 unspecified atom stereocenters. The predicted octanol–water partition coefficient (Wildman–Crippen LogP) is 2.31. The molecule has 0 radical (unpaired) electrons. The summed E-state index contributed by atoms with van der Waals surface area (Å²) < 4.78 is 44.5. The van der Waals surface area contributed by atoms with Crippen LogP contribution in [0.3, 0.4) is 0 Å². The molecular weight excluding hydrogens is 297 g/mol. The highest BCUT2D eigenvalue weighted by molar-refractivity contribution is 7.93. The van der Waals surface area contributed by atoms with Crippen molar-refractivity contribution in [2.45, 2.75) is 18.1 Å². The molecule has 1 heterocycles. The number of nitrogens with one attached hydrogen (secondary N) is 1. The first kappa shape index (κ1) is 13.7. The predicted molar refractivity (Wildman–Crippen MR) is 74.1 cm³/mol. The first-order valence-corrected chi connectivity index (χ1v) is 7.85. The van der Waals surface area contributed by atoms with Crippen LogP contribution in [0.2, 0.25) is 0 Å². The van der Waals surface area contributed by atoms with Gasteiger partial charge in [-0.2, -0.15) is 0 Å². The zero-order valence-electron chi connectivity index (χ0n) is 10.9. The van der Waals surface area contributed by atoms with E-state index in [0.717, 1.165) is 0 Å². The van der Waals surface area contributed by atoms with E-state index in [9.17, 15) is 12.8 Å². The van der Waals surface area contributed by atoms with Crippen molar-refractivity contribution in [2.75, 3.05) is 4.72 Å². The Morgan fingerprint density at radius 2 is 1.86 bits per heavy atom. The van der Waals surface area contributed by atoms with E-state index in [2.05, 4.69) is 14.7 Å². The van der Waals surface area contributed by atoms with Crippen molar-refractivity contribution in [3.8, 4) is 11.8 Å². The number of sulfonamides is 1. The molecule has 0 saturated heterocycles. The van der Waals surface area contributed by atoms with Gasteiger partial charge in [-0.1, -0.05) is 12.1 Å². The Hall–Kier alpha value is -2.22. The Kier molecular flexibility index (Phi) is 3.46. The Balaban J connectivity index is 1.71. The number of rotatable bonds is 5. The number of ether oxygens (including phenoxy) is 1. The van der Waals surface area contributed by atoms with Crippen molar-refractivity contribution in [3.05, 3.63) is 42.5 Å². The summed E-state index contributed by atoms with van der Waals surface area (Å²) in [6, 6.07) is 5.81. The highest BCUT2D eigenvalue weighted by atomic mass is 32.2. The quantitative estimate of drug-likeness (QED) is 0.916. The Morgan fingerprint density at radius 3 is 2.48 bits per heavy atom. The summed E-state index contributed by atoms with van der Waals surface area (Å²) in [5.74, 6) is -0.525. The number of benzene rings is 1. The van der Waals surface area contributed by atoms with Crippen LogP contribution in [0.15, 0.2) is 36.7 Å². The number of nitrogens with zero attached hydrogens (tertiary/aromatic N) is 2. The van der Waals surface area contributed by atoms with E-state index in [0.29, 0.717) is 12.8 Å². The van der Waals surface area contributed by atoms with Crippen molar-refractivity contribution in [1.82, 2.24) is 9.97 Å². The van der Waals surface area contributed by atoms with Crippen LogP contribution in [0.5, 0.6) is 11.8 Å². The van der Waals surface area contributed by atoms with Crippen LogP contribution in [0.1, 0.15) is 12.8 Å². The molecule has 1 saturated carbocycles. The van der Waals surface area contributed by atoms with Crippen molar-refractivity contribution in [1.29, 1.82) is 0 Å². The van der Waals surface area contributed by atoms with Gasteiger partial charge in [0, 0.05) is 0 Å². The normalized spacial score (nSPS) is 14.7. The average molecular weight is 309 g/mol. The number of aromatic nitrogens is 2. The van der Waals surface area contributed by atoms with E-state index < -0.39 is 15.8 Å². The third-order valence-electron chi connectivity index (χ3n) is 2.89. The summed E-state index contributed by atoms with van der Waals surface area (Å²) in [5.41, 5.74) is 0.253. The van der Waals surface area contributed by atoms with Crippen molar-refractivity contribution in [3.63, 3.8) is 0 Å². The second-order valence-electron chi connectivity index (χ2n) is 4.63. The molecule has 1 aromatic carbocycles. The number of hydrogen-bond acceptors (Lipinski definition) is 5. The first-order valence-electron chi connectivity index (χ1n) is 6.31. The molecule has 0 aliphatic heterocycles. The van der Waals surface area contributed by atoms with Crippen LogP contribution in [0, 0.1) is 5.82 Å². The Bertz CT molecular complexity index is 746. The molecule has 3 rings (SSSR count). The summed E-state index contributed by atoms with van der Waals surface area (Å²) >= 11 is 0. The topological polar surface area (TPSA) is 81.2 Å². The molecule has 0 amide bonds. The molecule has 110 valence electrons. The van der Waals surface area contributed by atoms with Crippen molar-refractivity contribution >= 4 is 15.7 Å². The minimum absolute atomic E-state index is 0.00353. The van der Waals surface area contributed by atoms with Gasteiger partial charge in [0.25, 0.3) is 0 Å². The molecular formula is C13H12FN3O3S. The largest absolute Gasteiger partial charge is 0.421 e. The Morgan fingerprint density at radius 1 is 1.19 bits per heavy atom. The highest BCUT2D eigenvalue weighted by Crippen LogP contribution is 2.29. The maximum atomic E-state index is 13.4. The number of para-hydroxylation sites is 1. The lowest BCUT2D eigenvalue weighted by molar-refractivity contribution is 0.411. The number of anilines is 1. The van der Waals surface area contributed by atoms with Gasteiger partial charge in [-0.25, -0.2) is 22.8 Å². The van der Waals surface area contributed by atoms with E-state index in [1.165, 1.54) is 24.5 Å². The fourth-order valence-corrected chi connectivity index (χ4v) is 3.03. The first-order chi connectivity index (χ1) is 10.0. The molecule has 0 spiro atoms. The van der Waals surface area contributed by atoms with E-state index in [4.69, 9.17) is 4.74 Å². The number of hydrogen-bond donors (Lipinski definition) is 1. The molecule has 1 aliphatic carbocycles. The minimum Gasteiger partial charge on any atom is -0.421 e. The molecule has 6 nitrogen and oxygen atoms in total. The maximum absolute atomic E-state index is 13.4. The molecule has 8 heteroatoms. The molecule has 21 heavy (non-hydrogen) atoms. The SMILES string of the molecule is O=S(=O)(Nc1cnc(Oc2ccccc2F)nc1)C1CC1. The van der Waals surface area contributed by atoms with Gasteiger partial charge in [0.1, 0.15) is 0 Å². The Labute approximate surface area is 121 Å². The van der Waals surface area contributed by atoms with Crippen LogP contribution < -0.4 is 9.46 Å². The van der Waals surface area contributed by atoms with Crippen LogP contribution in [0.25, 0.3) is 0 Å². The lowest BCUT2D eigenvalue weighted by Gasteiger charge is -2.07. The summed E-state index contributed by atoms with van der Waals surface area (Å²) in [6.07, 6.45) is 3.90. The van der Waals surface area contributed by atoms with Crippen LogP contribution in [-0.4, -0.2) is 23.6 Å². The monoisotopic (exact) mass is 309 g/mol. The van der Waals surface area contributed by atoms with Gasteiger partial charge in [0.05, 0.1) is 23.3 Å². The van der Waals surface area contributed by atoms with Gasteiger partial charge >= 0.3 is 6.01 Å². The van der Waals surface area contributed by atoms with Crippen LogP contribution in [0.4, 0.5) is 10.1 Å². The van der Waals surface area contributed by atoms with Gasteiger partial charge < -0.3 is 4.74 Å². The minimum atomic E-state index is -3.35. The van der Waals surface area contributed by atoms with E-state index >= 15 is 0 Å². The van der Waals surface area contributed by atoms with Crippen molar-refractivity contribution < 1.29 is 17.5 Å². The molecule has 2 aromatic rings. The third-order valence-corrected chi connectivity index (χ3v) is 4.76. The highest BCUT2D eigenvalue weighted by Gasteiger charge is 2.35. The zero-order chi connectivity index (χ0) is 14.9. The summed E-state index contributed by atoms with van der Waals surface area (Å²) in [6.45, 7) is 0. The smallest absolute Gasteiger partial charge is 0.322 e. The average Bonchev–Trinajstić information content (AvgIpc) is 3.28. The molecule has 1 aliphatic rings. The van der Waals surface area contributed by atoms with E-state index in [1.807, 2.05) is 0 Å². The van der Waals surface area contributed by atoms with Crippen LogP contribution >= 0.6 is 0 Å². The number of halogens is 1. The second kappa shape index (κ2) is 5.28. The zero-order valence-corrected chi connectivity index (χ0v) is 11.7. The van der Waals surface area contributed by atoms with Crippen LogP contribution in [-0.2, 0) is 10.0 Å². The van der Waals surface area contributed by atoms with Gasteiger partial charge in [0.2, 0.25) is 10.0 Å². The van der Waals surface area contributed by atoms with Crippen molar-refractivity contribution in [2.24, 2.45) is 0 Å². The van der Waals surface area contributed by atoms with Gasteiger partial charge in [-0.15, -0.1) is 0 Å². The molecule has 0 bridgehead atoms. The standard InChI is InChI=1S/C13H12FN3O3S/c14-11-3-1-2-4-12(11)20-13-15-7-9(8-16-13)17-21(18,19)10-5-6-10/h1-4,7-8,10,17H,5-6H2. The molecule has 0 atom stereocenters. The molecule has 1 aromatic heterocycles. The fourth-order valence-electron chi connectivity index (χ4n) is 1.67. The lowest BCUT2D eigenvalue weighted by atomic mass is 10.3. The van der Waals surface area contributed by atoms with Gasteiger partial charge in [-0.05, 0) is 25.0 Å². The summed E-state index contributed by atoms with van der Waals surface area (Å²) in [4.78, 5) is 7.70.